The fraction of sp³-hybridized carbons (Fsp3) is 0.250. The van der Waals surface area contributed by atoms with Gasteiger partial charge in [0.2, 0.25) is 0 Å². The number of anilines is 1. The molecule has 1 aliphatic rings. The molecule has 3 aromatic carbocycles. The lowest BCUT2D eigenvalue weighted by atomic mass is 9.98. The van der Waals surface area contributed by atoms with Gasteiger partial charge >= 0.3 is 0 Å². The van der Waals surface area contributed by atoms with Crippen molar-refractivity contribution in [3.63, 3.8) is 0 Å². The molecule has 1 aromatic heterocycles. The van der Waals surface area contributed by atoms with Gasteiger partial charge in [-0.2, -0.15) is 0 Å². The topological polar surface area (TPSA) is 39.3 Å². The fourth-order valence-corrected chi connectivity index (χ4v) is 4.64. The molecule has 0 aliphatic carbocycles. The first-order valence-electron chi connectivity index (χ1n) is 11.3. The number of benzene rings is 3. The highest BCUT2D eigenvalue weighted by Crippen LogP contribution is 2.33. The van der Waals surface area contributed by atoms with Crippen molar-refractivity contribution < 1.29 is 4.79 Å². The number of aromatic nitrogens is 1. The molecule has 1 unspecified atom stereocenters. The van der Waals surface area contributed by atoms with Crippen LogP contribution in [-0.2, 0) is 0 Å². The van der Waals surface area contributed by atoms with Gasteiger partial charge in [-0.25, -0.2) is 0 Å². The van der Waals surface area contributed by atoms with E-state index in [1.807, 2.05) is 47.5 Å². The van der Waals surface area contributed by atoms with Crippen LogP contribution in [0.1, 0.15) is 47.3 Å². The highest BCUT2D eigenvalue weighted by atomic mass is 16.2. The van der Waals surface area contributed by atoms with Crippen molar-refractivity contribution in [1.82, 2.24) is 9.88 Å². The Labute approximate surface area is 189 Å². The first kappa shape index (κ1) is 20.4. The second-order valence-corrected chi connectivity index (χ2v) is 8.78. The molecule has 4 aromatic rings. The van der Waals surface area contributed by atoms with Gasteiger partial charge in [0.25, 0.3) is 5.91 Å². The monoisotopic (exact) mass is 422 g/mol. The van der Waals surface area contributed by atoms with Crippen LogP contribution in [0.5, 0.6) is 0 Å². The van der Waals surface area contributed by atoms with E-state index in [4.69, 9.17) is 0 Å². The molecule has 0 saturated carbocycles. The molecular formula is C28H28N3O. The Morgan fingerprint density at radius 2 is 1.81 bits per heavy atom. The Balaban J connectivity index is 1.47. The van der Waals surface area contributed by atoms with Gasteiger partial charge in [-0.3, -0.25) is 4.79 Å². The van der Waals surface area contributed by atoms with E-state index in [0.717, 1.165) is 23.0 Å². The van der Waals surface area contributed by atoms with Crippen molar-refractivity contribution in [2.45, 2.75) is 25.8 Å². The van der Waals surface area contributed by atoms with Crippen molar-refractivity contribution in [1.29, 1.82) is 0 Å². The van der Waals surface area contributed by atoms with E-state index >= 15 is 0 Å². The Kier molecular flexibility index (Phi) is 5.44. The fourth-order valence-electron chi connectivity index (χ4n) is 4.64. The molecule has 1 radical (unpaired) electrons. The molecule has 0 bridgehead atoms. The smallest absolute Gasteiger partial charge is 0.256 e. The minimum atomic E-state index is 0.0901. The van der Waals surface area contributed by atoms with Gasteiger partial charge in [0.05, 0.1) is 11.6 Å². The molecule has 1 amide bonds. The van der Waals surface area contributed by atoms with Gasteiger partial charge in [-0.1, -0.05) is 68.4 Å². The lowest BCUT2D eigenvalue weighted by Gasteiger charge is -2.43. The largest absolute Gasteiger partial charge is 0.361 e. The second kappa shape index (κ2) is 8.54. The third kappa shape index (κ3) is 3.77. The summed E-state index contributed by atoms with van der Waals surface area (Å²) in [6.45, 7) is 6.52. The summed E-state index contributed by atoms with van der Waals surface area (Å²) in [6.07, 6.45) is 1.85. The molecule has 2 heterocycles. The van der Waals surface area contributed by atoms with Crippen LogP contribution >= 0.6 is 0 Å². The number of fused-ring (bicyclic) bond motifs is 1. The molecule has 161 valence electrons. The highest BCUT2D eigenvalue weighted by Gasteiger charge is 2.32. The summed E-state index contributed by atoms with van der Waals surface area (Å²) in [5, 5.41) is 0.983. The standard InChI is InChI=1S/C28H28N3O/c1-20(2)22-11-8-12-23(17-22)31-16-15-30(19-27(31)21-9-4-3-5-10-21)28(32)25-18-29-26-14-7-6-13-24(25)26/h3-10,12-14,17-18,20,27,29H,15-16,19H2,1-2H3. The average Bonchev–Trinajstić information content (AvgIpc) is 3.28. The molecule has 4 heteroatoms. The minimum Gasteiger partial charge on any atom is -0.361 e. The predicted molar refractivity (Wildman–Crippen MR) is 130 cm³/mol. The average molecular weight is 423 g/mol. The Morgan fingerprint density at radius 1 is 1.03 bits per heavy atom. The molecule has 5 rings (SSSR count). The number of H-pyrrole nitrogens is 1. The van der Waals surface area contributed by atoms with Crippen LogP contribution in [0.4, 0.5) is 5.69 Å². The number of nitrogens with zero attached hydrogens (tertiary/aromatic N) is 2. The molecule has 4 nitrogen and oxygen atoms in total. The summed E-state index contributed by atoms with van der Waals surface area (Å²) in [5.41, 5.74) is 5.38. The van der Waals surface area contributed by atoms with Gasteiger partial charge in [0, 0.05) is 42.4 Å². The van der Waals surface area contributed by atoms with Crippen molar-refractivity contribution in [3.8, 4) is 0 Å². The molecule has 1 atom stereocenters. The maximum atomic E-state index is 13.5. The number of rotatable bonds is 4. The van der Waals surface area contributed by atoms with E-state index < -0.39 is 0 Å². The summed E-state index contributed by atoms with van der Waals surface area (Å²) in [6, 6.07) is 28.4. The van der Waals surface area contributed by atoms with E-state index in [1.54, 1.807) is 0 Å². The number of hydrogen-bond donors (Lipinski definition) is 1. The van der Waals surface area contributed by atoms with Crippen LogP contribution in [-0.4, -0.2) is 35.4 Å². The number of hydrogen-bond acceptors (Lipinski definition) is 2. The summed E-state index contributed by atoms with van der Waals surface area (Å²) in [7, 11) is 0. The third-order valence-corrected chi connectivity index (χ3v) is 6.43. The van der Waals surface area contributed by atoms with E-state index in [1.165, 1.54) is 16.8 Å². The number of para-hydroxylation sites is 1. The zero-order valence-electron chi connectivity index (χ0n) is 18.6. The van der Waals surface area contributed by atoms with Gasteiger partial charge < -0.3 is 14.8 Å². The zero-order valence-corrected chi connectivity index (χ0v) is 18.6. The quantitative estimate of drug-likeness (QED) is 0.452. The van der Waals surface area contributed by atoms with Crippen LogP contribution in [0, 0.1) is 6.07 Å². The van der Waals surface area contributed by atoms with Crippen LogP contribution in [0.3, 0.4) is 0 Å². The van der Waals surface area contributed by atoms with Crippen LogP contribution in [0.25, 0.3) is 10.9 Å². The zero-order chi connectivity index (χ0) is 22.1. The van der Waals surface area contributed by atoms with E-state index in [0.29, 0.717) is 19.0 Å². The molecule has 0 spiro atoms. The van der Waals surface area contributed by atoms with Crippen molar-refractivity contribution in [2.24, 2.45) is 0 Å². The number of amides is 1. The van der Waals surface area contributed by atoms with Gasteiger partial charge in [0.1, 0.15) is 0 Å². The first-order chi connectivity index (χ1) is 15.6. The molecule has 1 fully saturated rings. The second-order valence-electron chi connectivity index (χ2n) is 8.78. The molecular weight excluding hydrogens is 394 g/mol. The lowest BCUT2D eigenvalue weighted by molar-refractivity contribution is 0.0724. The SMILES string of the molecule is CC(C)c1[c]ccc(N2CCN(C(=O)c3c[nH]c4ccccc34)CC2c2ccccc2)c1. The Hall–Kier alpha value is -3.53. The molecule has 1 N–H and O–H groups in total. The van der Waals surface area contributed by atoms with Crippen LogP contribution in [0.15, 0.2) is 79.0 Å². The predicted octanol–water partition coefficient (Wildman–Crippen LogP) is 5.80. The maximum Gasteiger partial charge on any atom is 0.256 e. The summed E-state index contributed by atoms with van der Waals surface area (Å²) in [4.78, 5) is 21.2. The highest BCUT2D eigenvalue weighted by molar-refractivity contribution is 6.06. The summed E-state index contributed by atoms with van der Waals surface area (Å²) in [5.74, 6) is 0.516. The van der Waals surface area contributed by atoms with Gasteiger partial charge in [-0.15, -0.1) is 0 Å². The molecule has 1 aliphatic heterocycles. The number of carbonyl (C=O) groups excluding carboxylic acids is 1. The van der Waals surface area contributed by atoms with Crippen LogP contribution < -0.4 is 4.90 Å². The number of carbonyl (C=O) groups is 1. The van der Waals surface area contributed by atoms with E-state index in [-0.39, 0.29) is 11.9 Å². The maximum absolute atomic E-state index is 13.5. The van der Waals surface area contributed by atoms with Crippen LogP contribution in [0.2, 0.25) is 0 Å². The van der Waals surface area contributed by atoms with E-state index in [9.17, 15) is 4.79 Å². The molecule has 1 saturated heterocycles. The number of nitrogens with one attached hydrogen (secondary N) is 1. The Morgan fingerprint density at radius 3 is 2.62 bits per heavy atom. The number of piperazine rings is 1. The Bertz CT molecular complexity index is 1230. The lowest BCUT2D eigenvalue weighted by Crippen LogP contribution is -2.50. The first-order valence-corrected chi connectivity index (χ1v) is 11.3. The van der Waals surface area contributed by atoms with Gasteiger partial charge in [0.15, 0.2) is 0 Å². The molecule has 32 heavy (non-hydrogen) atoms. The van der Waals surface area contributed by atoms with E-state index in [2.05, 4.69) is 66.2 Å². The summed E-state index contributed by atoms with van der Waals surface area (Å²) < 4.78 is 0. The van der Waals surface area contributed by atoms with Crippen molar-refractivity contribution in [3.05, 3.63) is 102 Å². The summed E-state index contributed by atoms with van der Waals surface area (Å²) >= 11 is 0. The van der Waals surface area contributed by atoms with Crippen molar-refractivity contribution in [2.75, 3.05) is 24.5 Å². The minimum absolute atomic E-state index is 0.0901. The normalized spacial score (nSPS) is 16.7. The third-order valence-electron chi connectivity index (χ3n) is 6.43. The number of aromatic amines is 1. The van der Waals surface area contributed by atoms with Gasteiger partial charge in [-0.05, 0) is 41.3 Å². The van der Waals surface area contributed by atoms with Crippen molar-refractivity contribution >= 4 is 22.5 Å².